The number of aliphatic imine (C=N–C) groups is 1. The molecule has 0 spiro atoms. The predicted octanol–water partition coefficient (Wildman–Crippen LogP) is 4.69. The second-order valence-electron chi connectivity index (χ2n) is 15.7. The molecule has 1 unspecified atom stereocenters. The Morgan fingerprint density at radius 3 is 2.44 bits per heavy atom. The standard InChI is InChI=1S/C39H58N6O8S/c1-11-12-26(15-25(4)54-23-42-24(2)3)19-41-35(48)31-18-28(46)21-45(31)36(49)34(38(5,6)7)44-32(47)22-51-29-13-14-33(40-20-29)52-30-16-27(17-30)43-37(50)53-39(8,9)10/h11-15,20,23,25,27-28,30-31,34,46H,2,16-19,21-22H2,1,3-10H3,(H,41,48)(H,43,50)(H,44,47)/b12-11-,26-15+,42-23-/t25?,27-,28-,30+,31+,34-/m1/s1. The second-order valence-corrected chi connectivity index (χ2v) is 16.9. The van der Waals surface area contributed by atoms with Gasteiger partial charge in [0.15, 0.2) is 6.61 Å². The molecule has 0 radical (unpaired) electrons. The van der Waals surface area contributed by atoms with Crippen molar-refractivity contribution in [3.8, 4) is 11.6 Å². The first-order valence-electron chi connectivity index (χ1n) is 18.2. The first-order valence-corrected chi connectivity index (χ1v) is 19.2. The van der Waals surface area contributed by atoms with Crippen molar-refractivity contribution in [2.24, 2.45) is 10.4 Å². The van der Waals surface area contributed by atoms with Crippen molar-refractivity contribution < 1.29 is 38.5 Å². The van der Waals surface area contributed by atoms with E-state index in [0.29, 0.717) is 30.2 Å². The molecule has 54 heavy (non-hydrogen) atoms. The van der Waals surface area contributed by atoms with E-state index in [0.717, 1.165) is 5.57 Å². The number of pyridine rings is 1. The number of amides is 4. The van der Waals surface area contributed by atoms with Gasteiger partial charge in [-0.3, -0.25) is 19.4 Å². The van der Waals surface area contributed by atoms with Crippen LogP contribution in [0.15, 0.2) is 59.4 Å². The van der Waals surface area contributed by atoms with E-state index in [9.17, 15) is 24.3 Å². The van der Waals surface area contributed by atoms with E-state index in [1.54, 1.807) is 17.7 Å². The van der Waals surface area contributed by atoms with Gasteiger partial charge in [-0.2, -0.15) is 0 Å². The smallest absolute Gasteiger partial charge is 0.407 e. The van der Waals surface area contributed by atoms with Crippen molar-refractivity contribution >= 4 is 41.1 Å². The molecular weight excluding hydrogens is 713 g/mol. The fraction of sp³-hybridized carbons (Fsp3) is 0.590. The Morgan fingerprint density at radius 2 is 1.85 bits per heavy atom. The van der Waals surface area contributed by atoms with E-state index in [1.165, 1.54) is 22.9 Å². The number of carbonyl (C=O) groups excluding carboxylic acids is 4. The van der Waals surface area contributed by atoms with Crippen molar-refractivity contribution in [3.63, 3.8) is 0 Å². The molecule has 3 rings (SSSR count). The molecule has 15 heteroatoms. The van der Waals surface area contributed by atoms with Crippen molar-refractivity contribution in [2.45, 2.75) is 123 Å². The lowest BCUT2D eigenvalue weighted by Gasteiger charge is -2.35. The summed E-state index contributed by atoms with van der Waals surface area (Å²) < 4.78 is 16.8. The Kier molecular flexibility index (Phi) is 16.2. The van der Waals surface area contributed by atoms with Gasteiger partial charge in [-0.25, -0.2) is 9.78 Å². The maximum absolute atomic E-state index is 14.0. The number of allylic oxidation sites excluding steroid dienone is 2. The predicted molar refractivity (Wildman–Crippen MR) is 210 cm³/mol. The SMILES string of the molecule is C=C(C)/N=C\SC(C)/C=C(\C=C/C)CNC(=O)[C@@H]1C[C@@H](O)CN1C(=O)[C@@H](NC(=O)COc1ccc(O[C@H]2C[C@@H](NC(=O)OC(C)(C)C)C2)nc1)C(C)(C)C. The van der Waals surface area contributed by atoms with E-state index < -0.39 is 53.0 Å². The zero-order valence-electron chi connectivity index (χ0n) is 33.0. The van der Waals surface area contributed by atoms with Gasteiger partial charge in [0.25, 0.3) is 5.91 Å². The van der Waals surface area contributed by atoms with E-state index in [2.05, 4.69) is 32.5 Å². The molecule has 1 aliphatic carbocycles. The van der Waals surface area contributed by atoms with Crippen LogP contribution in [0.25, 0.3) is 0 Å². The summed E-state index contributed by atoms with van der Waals surface area (Å²) in [5.41, 5.74) is 2.03. The normalized spacial score (nSPS) is 21.6. The summed E-state index contributed by atoms with van der Waals surface area (Å²) in [6, 6.07) is 1.30. The zero-order valence-corrected chi connectivity index (χ0v) is 33.8. The van der Waals surface area contributed by atoms with Crippen LogP contribution in [0.3, 0.4) is 0 Å². The van der Waals surface area contributed by atoms with Crippen LogP contribution in [0.5, 0.6) is 11.6 Å². The quantitative estimate of drug-likeness (QED) is 0.105. The number of thioether (sulfide) groups is 1. The van der Waals surface area contributed by atoms with Gasteiger partial charge < -0.3 is 40.2 Å². The van der Waals surface area contributed by atoms with E-state index in [4.69, 9.17) is 14.2 Å². The topological polar surface area (TPSA) is 181 Å². The molecule has 1 aromatic heterocycles. The third-order valence-electron chi connectivity index (χ3n) is 8.31. The van der Waals surface area contributed by atoms with Crippen LogP contribution < -0.4 is 25.4 Å². The fourth-order valence-corrected chi connectivity index (χ4v) is 6.36. The van der Waals surface area contributed by atoms with Gasteiger partial charge in [-0.15, -0.1) is 11.8 Å². The zero-order chi connectivity index (χ0) is 40.2. The van der Waals surface area contributed by atoms with Gasteiger partial charge in [-0.05, 0) is 58.6 Å². The number of alkyl carbamates (subject to hydrolysis) is 1. The Balaban J connectivity index is 1.53. The molecule has 14 nitrogen and oxygen atoms in total. The number of nitrogens with zero attached hydrogens (tertiary/aromatic N) is 3. The molecule has 2 heterocycles. The molecular formula is C39H58N6O8S. The molecule has 4 amide bonds. The monoisotopic (exact) mass is 770 g/mol. The summed E-state index contributed by atoms with van der Waals surface area (Å²) in [5, 5.41) is 19.2. The molecule has 2 fully saturated rings. The molecule has 0 bridgehead atoms. The molecule has 4 atom stereocenters. The third-order valence-corrected chi connectivity index (χ3v) is 9.10. The minimum absolute atomic E-state index is 0.0367. The summed E-state index contributed by atoms with van der Waals surface area (Å²) in [5.74, 6) is -0.696. The molecule has 298 valence electrons. The van der Waals surface area contributed by atoms with Crippen LogP contribution in [-0.4, -0.2) is 105 Å². The van der Waals surface area contributed by atoms with E-state index in [1.807, 2.05) is 80.5 Å². The van der Waals surface area contributed by atoms with Crippen molar-refractivity contribution in [1.82, 2.24) is 25.8 Å². The first kappa shape index (κ1) is 44.0. The van der Waals surface area contributed by atoms with Crippen LogP contribution in [0.2, 0.25) is 0 Å². The third kappa shape index (κ3) is 14.8. The highest BCUT2D eigenvalue weighted by molar-refractivity contribution is 8.12. The molecule has 1 saturated carbocycles. The van der Waals surface area contributed by atoms with Crippen LogP contribution in [0.4, 0.5) is 4.79 Å². The number of hydrogen-bond acceptors (Lipinski definition) is 11. The number of likely N-dealkylation sites (tertiary alicyclic amines) is 1. The second kappa shape index (κ2) is 19.8. The lowest BCUT2D eigenvalue weighted by atomic mass is 9.85. The minimum atomic E-state index is -1.00. The number of aliphatic hydroxyl groups excluding tert-OH is 1. The molecule has 1 aromatic rings. The summed E-state index contributed by atoms with van der Waals surface area (Å²) in [7, 11) is 0. The maximum atomic E-state index is 14.0. The molecule has 2 aliphatic rings. The Morgan fingerprint density at radius 1 is 1.15 bits per heavy atom. The van der Waals surface area contributed by atoms with Crippen molar-refractivity contribution in [1.29, 1.82) is 0 Å². The number of ether oxygens (including phenoxy) is 3. The minimum Gasteiger partial charge on any atom is -0.482 e. The van der Waals surface area contributed by atoms with Gasteiger partial charge in [0.05, 0.1) is 17.8 Å². The van der Waals surface area contributed by atoms with Crippen molar-refractivity contribution in [3.05, 3.63) is 54.4 Å². The molecule has 1 aliphatic heterocycles. The number of aliphatic hydroxyl groups is 1. The summed E-state index contributed by atoms with van der Waals surface area (Å²) in [4.78, 5) is 62.3. The van der Waals surface area contributed by atoms with Gasteiger partial charge >= 0.3 is 6.09 Å². The largest absolute Gasteiger partial charge is 0.482 e. The Labute approximate surface area is 323 Å². The number of hydrogen-bond donors (Lipinski definition) is 4. The van der Waals surface area contributed by atoms with Gasteiger partial charge in [0.1, 0.15) is 29.5 Å². The van der Waals surface area contributed by atoms with Gasteiger partial charge in [0.2, 0.25) is 17.7 Å². The summed E-state index contributed by atoms with van der Waals surface area (Å²) >= 11 is 1.52. The Bertz CT molecular complexity index is 1560. The lowest BCUT2D eigenvalue weighted by Crippen LogP contribution is -2.58. The fourth-order valence-electron chi connectivity index (χ4n) is 5.67. The summed E-state index contributed by atoms with van der Waals surface area (Å²) in [6.07, 6.45) is 7.11. The molecule has 4 N–H and O–H groups in total. The average molecular weight is 771 g/mol. The van der Waals surface area contributed by atoms with Crippen molar-refractivity contribution in [2.75, 3.05) is 19.7 Å². The van der Waals surface area contributed by atoms with Gasteiger partial charge in [-0.1, -0.05) is 45.6 Å². The van der Waals surface area contributed by atoms with Crippen LogP contribution in [-0.2, 0) is 19.1 Å². The van der Waals surface area contributed by atoms with E-state index in [-0.39, 0.29) is 43.5 Å². The molecule has 1 saturated heterocycles. The van der Waals surface area contributed by atoms with E-state index >= 15 is 0 Å². The highest BCUT2D eigenvalue weighted by Crippen LogP contribution is 2.28. The summed E-state index contributed by atoms with van der Waals surface area (Å²) in [6.45, 7) is 20.2. The van der Waals surface area contributed by atoms with Gasteiger partial charge in [0, 0.05) is 55.4 Å². The number of nitrogens with one attached hydrogen (secondary N) is 3. The number of carbonyl (C=O) groups is 4. The average Bonchev–Trinajstić information content (AvgIpc) is 3.44. The lowest BCUT2D eigenvalue weighted by molar-refractivity contribution is -0.144. The first-order chi connectivity index (χ1) is 25.2. The number of rotatable bonds is 16. The van der Waals surface area contributed by atoms with Crippen LogP contribution >= 0.6 is 11.8 Å². The maximum Gasteiger partial charge on any atom is 0.407 e. The van der Waals surface area contributed by atoms with Crippen LogP contribution in [0, 0.1) is 5.41 Å². The number of aromatic nitrogens is 1. The highest BCUT2D eigenvalue weighted by Gasteiger charge is 2.44. The molecule has 0 aromatic carbocycles. The van der Waals surface area contributed by atoms with Crippen LogP contribution in [0.1, 0.15) is 81.6 Å². The Hall–Kier alpha value is -4.37. The number of β-amino-alcohol motifs (C(OH)–C–C–N with tert-alkyl or cyclic N) is 1. The highest BCUT2D eigenvalue weighted by atomic mass is 32.2.